The van der Waals surface area contributed by atoms with Gasteiger partial charge in [0.1, 0.15) is 6.29 Å². The van der Waals surface area contributed by atoms with Gasteiger partial charge in [-0.25, -0.2) is 0 Å². The van der Waals surface area contributed by atoms with Crippen LogP contribution in [0.5, 0.6) is 6.01 Å². The smallest absolute Gasteiger partial charge is 0.320 e. The maximum Gasteiger partial charge on any atom is 0.320 e. The zero-order valence-electron chi connectivity index (χ0n) is 18.0. The molecule has 2 aromatic rings. The number of unbranched alkanes of at least 4 members (excludes halogenated alkanes) is 1. The molecule has 0 unspecified atom stereocenters. The van der Waals surface area contributed by atoms with E-state index in [1.165, 1.54) is 18.4 Å². The van der Waals surface area contributed by atoms with E-state index in [0.29, 0.717) is 13.2 Å². The van der Waals surface area contributed by atoms with Crippen LogP contribution in [-0.2, 0) is 17.9 Å². The van der Waals surface area contributed by atoms with Crippen molar-refractivity contribution in [3.8, 4) is 6.01 Å². The Morgan fingerprint density at radius 1 is 1.23 bits per heavy atom. The Labute approximate surface area is 182 Å². The van der Waals surface area contributed by atoms with E-state index in [1.807, 2.05) is 18.2 Å². The first-order valence-electron chi connectivity index (χ1n) is 10.8. The monoisotopic (exact) mass is 426 g/mol. The van der Waals surface area contributed by atoms with Gasteiger partial charge in [0.05, 0.1) is 13.2 Å². The summed E-state index contributed by atoms with van der Waals surface area (Å²) in [5.41, 5.74) is 8.11. The number of ether oxygens (including phenoxy) is 1. The quantitative estimate of drug-likeness (QED) is 0.312. The van der Waals surface area contributed by atoms with E-state index in [2.05, 4.69) is 33.0 Å². The van der Waals surface area contributed by atoms with Crippen LogP contribution in [0.4, 0.5) is 17.3 Å². The van der Waals surface area contributed by atoms with Gasteiger partial charge in [-0.3, -0.25) is 4.90 Å². The average Bonchev–Trinajstić information content (AvgIpc) is 3.28. The van der Waals surface area contributed by atoms with E-state index in [1.54, 1.807) is 4.90 Å². The van der Waals surface area contributed by atoms with Crippen molar-refractivity contribution in [2.24, 2.45) is 5.18 Å². The maximum atomic E-state index is 11.5. The molecule has 0 spiro atoms. The van der Waals surface area contributed by atoms with Gasteiger partial charge in [0.15, 0.2) is 17.3 Å². The highest BCUT2D eigenvalue weighted by Gasteiger charge is 2.22. The second-order valence-electron chi connectivity index (χ2n) is 7.66. The van der Waals surface area contributed by atoms with Crippen molar-refractivity contribution < 1.29 is 9.53 Å². The molecule has 2 N–H and O–H groups in total. The van der Waals surface area contributed by atoms with Crippen LogP contribution in [0.1, 0.15) is 43.7 Å². The third-order valence-electron chi connectivity index (χ3n) is 5.36. The summed E-state index contributed by atoms with van der Waals surface area (Å²) in [6.45, 7) is 5.94. The SMILES string of the molecule is CCCCOc1nc(N)c(N=O)c(N(CC=O)Cc2ccccc2CN2CCCC2)n1. The predicted octanol–water partition coefficient (Wildman–Crippen LogP) is 3.44. The summed E-state index contributed by atoms with van der Waals surface area (Å²) in [4.78, 5) is 35.5. The van der Waals surface area contributed by atoms with Gasteiger partial charge in [-0.1, -0.05) is 37.6 Å². The lowest BCUT2D eigenvalue weighted by Gasteiger charge is -2.25. The molecule has 0 radical (unpaired) electrons. The van der Waals surface area contributed by atoms with E-state index in [0.717, 1.165) is 44.3 Å². The molecule has 1 aliphatic rings. The number of nitrogen functional groups attached to an aromatic ring is 1. The van der Waals surface area contributed by atoms with Crippen LogP contribution in [0.15, 0.2) is 29.4 Å². The lowest BCUT2D eigenvalue weighted by atomic mass is 10.1. The first kappa shape index (κ1) is 22.6. The van der Waals surface area contributed by atoms with Crippen molar-refractivity contribution in [2.75, 3.05) is 36.9 Å². The minimum atomic E-state index is -0.0817. The number of nitroso groups, excluding NO2 is 1. The summed E-state index contributed by atoms with van der Waals surface area (Å²) in [6, 6.07) is 8.18. The van der Waals surface area contributed by atoms with Crippen LogP contribution in [-0.4, -0.2) is 47.4 Å². The first-order valence-corrected chi connectivity index (χ1v) is 10.8. The van der Waals surface area contributed by atoms with E-state index < -0.39 is 0 Å². The molecule has 1 aromatic carbocycles. The fourth-order valence-corrected chi connectivity index (χ4v) is 3.69. The molecular formula is C22H30N6O3. The molecule has 0 bridgehead atoms. The molecule has 1 fully saturated rings. The van der Waals surface area contributed by atoms with Crippen molar-refractivity contribution in [1.82, 2.24) is 14.9 Å². The number of benzene rings is 1. The van der Waals surface area contributed by atoms with E-state index in [-0.39, 0.29) is 29.9 Å². The number of likely N-dealkylation sites (tertiary alicyclic amines) is 1. The minimum Gasteiger partial charge on any atom is -0.463 e. The molecule has 2 heterocycles. The first-order chi connectivity index (χ1) is 15.2. The van der Waals surface area contributed by atoms with Crippen LogP contribution in [0.25, 0.3) is 0 Å². The Morgan fingerprint density at radius 2 is 1.97 bits per heavy atom. The van der Waals surface area contributed by atoms with Gasteiger partial charge in [-0.15, -0.1) is 4.91 Å². The molecule has 3 rings (SSSR count). The predicted molar refractivity (Wildman–Crippen MR) is 120 cm³/mol. The number of aldehydes is 1. The summed E-state index contributed by atoms with van der Waals surface area (Å²) in [5.74, 6) is 0.143. The number of hydrogen-bond acceptors (Lipinski definition) is 9. The fourth-order valence-electron chi connectivity index (χ4n) is 3.69. The zero-order valence-corrected chi connectivity index (χ0v) is 18.0. The second kappa shape index (κ2) is 11.4. The summed E-state index contributed by atoms with van der Waals surface area (Å²) in [5, 5.41) is 3.04. The molecule has 0 atom stereocenters. The molecule has 1 aliphatic heterocycles. The fraction of sp³-hybridized carbons (Fsp3) is 0.500. The third-order valence-corrected chi connectivity index (χ3v) is 5.36. The molecule has 166 valence electrons. The van der Waals surface area contributed by atoms with Gasteiger partial charge < -0.3 is 20.2 Å². The topological polar surface area (TPSA) is 114 Å². The van der Waals surface area contributed by atoms with Crippen LogP contribution in [0, 0.1) is 4.91 Å². The Hall–Kier alpha value is -3.07. The van der Waals surface area contributed by atoms with Gasteiger partial charge in [-0.2, -0.15) is 9.97 Å². The second-order valence-corrected chi connectivity index (χ2v) is 7.66. The van der Waals surface area contributed by atoms with Gasteiger partial charge in [-0.05, 0) is 48.7 Å². The normalized spacial score (nSPS) is 13.8. The number of nitrogens with zero attached hydrogens (tertiary/aromatic N) is 5. The molecule has 9 heteroatoms. The number of rotatable bonds is 12. The Bertz CT molecular complexity index is 886. The largest absolute Gasteiger partial charge is 0.463 e. The molecule has 1 saturated heterocycles. The standard InChI is InChI=1S/C22H30N6O3/c1-2-3-14-31-22-24-20(23)19(26-30)21(25-22)28(12-13-29)16-18-9-5-4-8-17(18)15-27-10-6-7-11-27/h4-5,8-9,13H,2-3,6-7,10-12,14-16H2,1H3,(H2,23,24,25). The Kier molecular flexibility index (Phi) is 8.28. The van der Waals surface area contributed by atoms with Crippen molar-refractivity contribution in [3.63, 3.8) is 0 Å². The van der Waals surface area contributed by atoms with Crippen molar-refractivity contribution in [2.45, 2.75) is 45.7 Å². The summed E-state index contributed by atoms with van der Waals surface area (Å²) in [7, 11) is 0. The third kappa shape index (κ3) is 5.97. The van der Waals surface area contributed by atoms with Crippen molar-refractivity contribution in [3.05, 3.63) is 40.3 Å². The molecule has 0 amide bonds. The zero-order chi connectivity index (χ0) is 22.1. The number of hydrogen-bond donors (Lipinski definition) is 1. The summed E-state index contributed by atoms with van der Waals surface area (Å²) in [6.07, 6.45) is 5.01. The molecule has 1 aromatic heterocycles. The molecule has 0 saturated carbocycles. The molecule has 31 heavy (non-hydrogen) atoms. The number of nitrogens with two attached hydrogens (primary N) is 1. The Morgan fingerprint density at radius 3 is 2.65 bits per heavy atom. The summed E-state index contributed by atoms with van der Waals surface area (Å²) < 4.78 is 5.59. The Balaban J connectivity index is 1.90. The highest BCUT2D eigenvalue weighted by molar-refractivity contribution is 5.75. The van der Waals surface area contributed by atoms with Gasteiger partial charge in [0.25, 0.3) is 0 Å². The minimum absolute atomic E-state index is 0.0332. The van der Waals surface area contributed by atoms with Crippen LogP contribution < -0.4 is 15.4 Å². The van der Waals surface area contributed by atoms with Gasteiger partial charge in [0, 0.05) is 13.1 Å². The summed E-state index contributed by atoms with van der Waals surface area (Å²) >= 11 is 0. The van der Waals surface area contributed by atoms with E-state index in [9.17, 15) is 9.70 Å². The maximum absolute atomic E-state index is 11.5. The van der Waals surface area contributed by atoms with E-state index >= 15 is 0 Å². The van der Waals surface area contributed by atoms with Gasteiger partial charge in [0.2, 0.25) is 0 Å². The van der Waals surface area contributed by atoms with Crippen molar-refractivity contribution in [1.29, 1.82) is 0 Å². The average molecular weight is 427 g/mol. The number of carbonyl (C=O) groups is 1. The lowest BCUT2D eigenvalue weighted by molar-refractivity contribution is -0.106. The van der Waals surface area contributed by atoms with Crippen LogP contribution >= 0.6 is 0 Å². The van der Waals surface area contributed by atoms with Crippen molar-refractivity contribution >= 4 is 23.6 Å². The van der Waals surface area contributed by atoms with Crippen LogP contribution in [0.3, 0.4) is 0 Å². The van der Waals surface area contributed by atoms with Gasteiger partial charge >= 0.3 is 6.01 Å². The highest BCUT2D eigenvalue weighted by atomic mass is 16.5. The molecule has 9 nitrogen and oxygen atoms in total. The lowest BCUT2D eigenvalue weighted by Crippen LogP contribution is -2.28. The van der Waals surface area contributed by atoms with Crippen LogP contribution in [0.2, 0.25) is 0 Å². The number of carbonyl (C=O) groups excluding carboxylic acids is 1. The molecule has 0 aliphatic carbocycles. The number of aromatic nitrogens is 2. The van der Waals surface area contributed by atoms with E-state index in [4.69, 9.17) is 10.5 Å². The number of anilines is 2. The molecular weight excluding hydrogens is 396 g/mol. The highest BCUT2D eigenvalue weighted by Crippen LogP contribution is 2.34.